The molecule has 78 valence electrons. The van der Waals surface area contributed by atoms with E-state index < -0.39 is 9.84 Å². The summed E-state index contributed by atoms with van der Waals surface area (Å²) < 4.78 is 24.3. The first-order valence-electron chi connectivity index (χ1n) is 4.37. The second-order valence-corrected chi connectivity index (χ2v) is 6.21. The molecule has 0 aromatic carbocycles. The number of sulfone groups is 1. The molecular formula is C8H11ClN2O2S. The number of halogens is 1. The molecule has 2 heterocycles. The lowest BCUT2D eigenvalue weighted by molar-refractivity contribution is 0.600. The van der Waals surface area contributed by atoms with Crippen LogP contribution >= 0.6 is 11.6 Å². The molecule has 1 unspecified atom stereocenters. The number of nitrogens with zero attached hydrogens (tertiary/aromatic N) is 2. The Kier molecular flexibility index (Phi) is 2.31. The highest BCUT2D eigenvalue weighted by atomic mass is 35.5. The minimum absolute atomic E-state index is 0.0116. The van der Waals surface area contributed by atoms with E-state index in [4.69, 9.17) is 11.6 Å². The van der Waals surface area contributed by atoms with Gasteiger partial charge in [-0.25, -0.2) is 13.4 Å². The van der Waals surface area contributed by atoms with Crippen LogP contribution < -0.4 is 0 Å². The highest BCUT2D eigenvalue weighted by molar-refractivity contribution is 7.91. The number of rotatable bonds is 1. The zero-order valence-electron chi connectivity index (χ0n) is 7.77. The first kappa shape index (κ1) is 9.98. The first-order chi connectivity index (χ1) is 6.49. The molecule has 1 saturated heterocycles. The largest absolute Gasteiger partial charge is 0.322 e. The zero-order chi connectivity index (χ0) is 10.3. The van der Waals surface area contributed by atoms with Crippen molar-refractivity contribution in [3.63, 3.8) is 0 Å². The Morgan fingerprint density at radius 3 is 2.79 bits per heavy atom. The van der Waals surface area contributed by atoms with E-state index in [1.54, 1.807) is 17.8 Å². The van der Waals surface area contributed by atoms with Crippen LogP contribution in [-0.4, -0.2) is 29.5 Å². The maximum atomic E-state index is 11.3. The Balaban J connectivity index is 2.30. The van der Waals surface area contributed by atoms with Crippen LogP contribution in [-0.2, 0) is 16.9 Å². The van der Waals surface area contributed by atoms with Crippen molar-refractivity contribution in [1.82, 2.24) is 9.55 Å². The summed E-state index contributed by atoms with van der Waals surface area (Å²) in [5.74, 6) is 1.25. The van der Waals surface area contributed by atoms with Crippen molar-refractivity contribution in [3.8, 4) is 0 Å². The summed E-state index contributed by atoms with van der Waals surface area (Å²) >= 11 is 5.83. The molecule has 2 rings (SSSR count). The van der Waals surface area contributed by atoms with E-state index >= 15 is 0 Å². The third-order valence-electron chi connectivity index (χ3n) is 2.57. The molecule has 0 N–H and O–H groups in total. The lowest BCUT2D eigenvalue weighted by Crippen LogP contribution is -2.08. The molecule has 1 aromatic rings. The topological polar surface area (TPSA) is 52.0 Å². The van der Waals surface area contributed by atoms with Crippen molar-refractivity contribution in [2.24, 2.45) is 7.05 Å². The predicted octanol–water partition coefficient (Wildman–Crippen LogP) is 0.976. The Labute approximate surface area is 87.8 Å². The minimum Gasteiger partial charge on any atom is -0.322 e. The minimum atomic E-state index is -2.85. The van der Waals surface area contributed by atoms with Gasteiger partial charge in [0.2, 0.25) is 0 Å². The standard InChI is InChI=1S/C8H11ClN2O2S/c1-11-7(9)4-10-8(11)6-2-3-14(12,13)5-6/h4,6H,2-3,5H2,1H3. The summed E-state index contributed by atoms with van der Waals surface area (Å²) in [7, 11) is -1.05. The van der Waals surface area contributed by atoms with Gasteiger partial charge in [-0.2, -0.15) is 0 Å². The Hall–Kier alpha value is -0.550. The molecule has 0 bridgehead atoms. The highest BCUT2D eigenvalue weighted by Gasteiger charge is 2.31. The molecule has 6 heteroatoms. The second kappa shape index (κ2) is 3.24. The molecule has 0 aliphatic carbocycles. The molecule has 0 saturated carbocycles. The van der Waals surface area contributed by atoms with Crippen molar-refractivity contribution in [2.45, 2.75) is 12.3 Å². The average molecular weight is 235 g/mol. The smallest absolute Gasteiger partial charge is 0.151 e. The second-order valence-electron chi connectivity index (χ2n) is 3.60. The molecule has 14 heavy (non-hydrogen) atoms. The van der Waals surface area contributed by atoms with Crippen LogP contribution in [0.5, 0.6) is 0 Å². The zero-order valence-corrected chi connectivity index (χ0v) is 9.35. The van der Waals surface area contributed by atoms with E-state index in [1.165, 1.54) is 0 Å². The van der Waals surface area contributed by atoms with Gasteiger partial charge in [0.25, 0.3) is 0 Å². The SMILES string of the molecule is Cn1c(Cl)cnc1C1CCS(=O)(=O)C1. The van der Waals surface area contributed by atoms with E-state index in [0.717, 1.165) is 5.82 Å². The van der Waals surface area contributed by atoms with Crippen LogP contribution in [0.3, 0.4) is 0 Å². The fourth-order valence-electron chi connectivity index (χ4n) is 1.78. The quantitative estimate of drug-likeness (QED) is 0.728. The molecule has 0 amide bonds. The molecule has 0 radical (unpaired) electrons. The van der Waals surface area contributed by atoms with Crippen LogP contribution in [0.1, 0.15) is 18.2 Å². The fraction of sp³-hybridized carbons (Fsp3) is 0.625. The van der Waals surface area contributed by atoms with Crippen molar-refractivity contribution < 1.29 is 8.42 Å². The summed E-state index contributed by atoms with van der Waals surface area (Å²) in [6.45, 7) is 0. The van der Waals surface area contributed by atoms with Crippen LogP contribution in [0.2, 0.25) is 5.15 Å². The van der Waals surface area contributed by atoms with Gasteiger partial charge in [-0.3, -0.25) is 0 Å². The van der Waals surface area contributed by atoms with Crippen LogP contribution in [0, 0.1) is 0 Å². The van der Waals surface area contributed by atoms with Crippen LogP contribution in [0.25, 0.3) is 0 Å². The molecule has 0 spiro atoms. The first-order valence-corrected chi connectivity index (χ1v) is 6.57. The molecule has 1 aromatic heterocycles. The third kappa shape index (κ3) is 1.66. The lowest BCUT2D eigenvalue weighted by Gasteiger charge is -2.07. The summed E-state index contributed by atoms with van der Waals surface area (Å²) in [6, 6.07) is 0. The molecule has 1 fully saturated rings. The van der Waals surface area contributed by atoms with Gasteiger partial charge in [-0.05, 0) is 6.42 Å². The summed E-state index contributed by atoms with van der Waals surface area (Å²) in [4.78, 5) is 4.13. The maximum Gasteiger partial charge on any atom is 0.151 e. The van der Waals surface area contributed by atoms with Gasteiger partial charge >= 0.3 is 0 Å². The molecule has 1 aliphatic rings. The molecular weight excluding hydrogens is 224 g/mol. The van der Waals surface area contributed by atoms with E-state index in [9.17, 15) is 8.42 Å². The van der Waals surface area contributed by atoms with Gasteiger partial charge in [0, 0.05) is 13.0 Å². The van der Waals surface area contributed by atoms with Crippen molar-refractivity contribution in [2.75, 3.05) is 11.5 Å². The van der Waals surface area contributed by atoms with Crippen molar-refractivity contribution in [1.29, 1.82) is 0 Å². The fourth-order valence-corrected chi connectivity index (χ4v) is 3.65. The van der Waals surface area contributed by atoms with Gasteiger partial charge < -0.3 is 4.57 Å². The Bertz CT molecular complexity index is 452. The molecule has 1 aliphatic heterocycles. The Morgan fingerprint density at radius 1 is 1.64 bits per heavy atom. The highest BCUT2D eigenvalue weighted by Crippen LogP contribution is 2.28. The normalized spacial score (nSPS) is 25.4. The van der Waals surface area contributed by atoms with Gasteiger partial charge in [0.15, 0.2) is 9.84 Å². The monoisotopic (exact) mass is 234 g/mol. The van der Waals surface area contributed by atoms with E-state index in [2.05, 4.69) is 4.98 Å². The van der Waals surface area contributed by atoms with Gasteiger partial charge in [0.1, 0.15) is 11.0 Å². The number of aromatic nitrogens is 2. The van der Waals surface area contributed by atoms with E-state index in [-0.39, 0.29) is 17.4 Å². The van der Waals surface area contributed by atoms with Crippen LogP contribution in [0.15, 0.2) is 6.20 Å². The number of imidazole rings is 1. The van der Waals surface area contributed by atoms with E-state index in [1.807, 2.05) is 0 Å². The lowest BCUT2D eigenvalue weighted by atomic mass is 10.1. The average Bonchev–Trinajstić information content (AvgIpc) is 2.59. The molecule has 1 atom stereocenters. The summed E-state index contributed by atoms with van der Waals surface area (Å²) in [6.07, 6.45) is 2.21. The van der Waals surface area contributed by atoms with Crippen molar-refractivity contribution in [3.05, 3.63) is 17.2 Å². The summed E-state index contributed by atoms with van der Waals surface area (Å²) in [5.41, 5.74) is 0. The Morgan fingerprint density at radius 2 is 2.36 bits per heavy atom. The third-order valence-corrected chi connectivity index (χ3v) is 4.68. The van der Waals surface area contributed by atoms with Gasteiger partial charge in [-0.15, -0.1) is 0 Å². The summed E-state index contributed by atoms with van der Waals surface area (Å²) in [5, 5.41) is 0.546. The van der Waals surface area contributed by atoms with Crippen molar-refractivity contribution >= 4 is 21.4 Å². The van der Waals surface area contributed by atoms with E-state index in [0.29, 0.717) is 11.6 Å². The maximum absolute atomic E-state index is 11.3. The number of hydrogen-bond donors (Lipinski definition) is 0. The number of hydrogen-bond acceptors (Lipinski definition) is 3. The molecule has 4 nitrogen and oxygen atoms in total. The van der Waals surface area contributed by atoms with Gasteiger partial charge in [-0.1, -0.05) is 11.6 Å². The van der Waals surface area contributed by atoms with Crippen LogP contribution in [0.4, 0.5) is 0 Å². The van der Waals surface area contributed by atoms with Gasteiger partial charge in [0.05, 0.1) is 17.7 Å². The predicted molar refractivity (Wildman–Crippen MR) is 54.2 cm³/mol.